The van der Waals surface area contributed by atoms with E-state index in [4.69, 9.17) is 5.73 Å². The molecule has 0 unspecified atom stereocenters. The number of hydrogen-bond donors (Lipinski definition) is 2. The quantitative estimate of drug-likeness (QED) is 0.836. The van der Waals surface area contributed by atoms with E-state index in [2.05, 4.69) is 17.4 Å². The molecule has 0 bridgehead atoms. The number of nitrogens with two attached hydrogens (primary N) is 1. The zero-order valence-corrected chi connectivity index (χ0v) is 11.2. The fraction of sp³-hybridized carbons (Fsp3) is 0.533. The van der Waals surface area contributed by atoms with Gasteiger partial charge in [0.1, 0.15) is 0 Å². The number of nitrogens with zero attached hydrogens (tertiary/aromatic N) is 1. The van der Waals surface area contributed by atoms with E-state index in [9.17, 15) is 4.79 Å². The maximum Gasteiger partial charge on any atom is 0.227 e. The van der Waals surface area contributed by atoms with Gasteiger partial charge in [0.25, 0.3) is 0 Å². The number of benzene rings is 1. The minimum absolute atomic E-state index is 0.117. The molecule has 2 aliphatic rings. The average molecular weight is 259 g/mol. The van der Waals surface area contributed by atoms with Crippen LogP contribution in [0, 0.1) is 0 Å². The Morgan fingerprint density at radius 2 is 2.05 bits per heavy atom. The number of piperazine rings is 1. The summed E-state index contributed by atoms with van der Waals surface area (Å²) in [5.74, 6) is 0.223. The van der Waals surface area contributed by atoms with Gasteiger partial charge in [-0.25, -0.2) is 0 Å². The van der Waals surface area contributed by atoms with Crippen molar-refractivity contribution in [1.29, 1.82) is 0 Å². The number of nitrogens with one attached hydrogen (secondary N) is 1. The standard InChI is InChI=1S/C15H21N3O/c16-15(4-5-15)13-3-1-2-12(10-13)11-14(19)18-8-6-17-7-9-18/h1-3,10,17H,4-9,11,16H2. The molecule has 4 heteroatoms. The molecular weight excluding hydrogens is 238 g/mol. The molecule has 1 saturated carbocycles. The lowest BCUT2D eigenvalue weighted by atomic mass is 10.0. The molecule has 102 valence electrons. The van der Waals surface area contributed by atoms with Crippen LogP contribution in [0.4, 0.5) is 0 Å². The van der Waals surface area contributed by atoms with Gasteiger partial charge in [-0.3, -0.25) is 4.79 Å². The Labute approximate surface area is 114 Å². The summed E-state index contributed by atoms with van der Waals surface area (Å²) in [6.07, 6.45) is 2.61. The van der Waals surface area contributed by atoms with Crippen LogP contribution >= 0.6 is 0 Å². The molecule has 3 rings (SSSR count). The fourth-order valence-corrected chi connectivity index (χ4v) is 2.61. The van der Waals surface area contributed by atoms with E-state index < -0.39 is 0 Å². The largest absolute Gasteiger partial charge is 0.340 e. The van der Waals surface area contributed by atoms with Gasteiger partial charge in [0.05, 0.1) is 6.42 Å². The van der Waals surface area contributed by atoms with Crippen LogP contribution in [0.3, 0.4) is 0 Å². The van der Waals surface area contributed by atoms with E-state index in [1.54, 1.807) is 0 Å². The molecule has 1 heterocycles. The van der Waals surface area contributed by atoms with Gasteiger partial charge in [-0.05, 0) is 24.0 Å². The van der Waals surface area contributed by atoms with E-state index in [0.29, 0.717) is 6.42 Å². The summed E-state index contributed by atoms with van der Waals surface area (Å²) in [6.45, 7) is 3.44. The predicted molar refractivity (Wildman–Crippen MR) is 74.7 cm³/mol. The molecule has 0 atom stereocenters. The molecule has 0 aromatic heterocycles. The van der Waals surface area contributed by atoms with Crippen LogP contribution in [-0.4, -0.2) is 37.0 Å². The Morgan fingerprint density at radius 1 is 1.32 bits per heavy atom. The highest BCUT2D eigenvalue weighted by Crippen LogP contribution is 2.42. The summed E-state index contributed by atoms with van der Waals surface area (Å²) in [4.78, 5) is 14.2. The monoisotopic (exact) mass is 259 g/mol. The smallest absolute Gasteiger partial charge is 0.227 e. The second-order valence-electron chi connectivity index (χ2n) is 5.66. The van der Waals surface area contributed by atoms with Gasteiger partial charge in [-0.1, -0.05) is 24.3 Å². The molecule has 1 amide bonds. The molecule has 1 aromatic rings. The molecule has 1 saturated heterocycles. The molecule has 1 aliphatic carbocycles. The third-order valence-corrected chi connectivity index (χ3v) is 4.12. The molecule has 0 spiro atoms. The van der Waals surface area contributed by atoms with Crippen molar-refractivity contribution in [3.63, 3.8) is 0 Å². The highest BCUT2D eigenvalue weighted by Gasteiger charge is 2.39. The third kappa shape index (κ3) is 2.80. The van der Waals surface area contributed by atoms with E-state index >= 15 is 0 Å². The third-order valence-electron chi connectivity index (χ3n) is 4.12. The Morgan fingerprint density at radius 3 is 2.74 bits per heavy atom. The van der Waals surface area contributed by atoms with E-state index in [1.165, 1.54) is 5.56 Å². The highest BCUT2D eigenvalue weighted by atomic mass is 16.2. The topological polar surface area (TPSA) is 58.4 Å². The first-order chi connectivity index (χ1) is 9.17. The van der Waals surface area contributed by atoms with Crippen molar-refractivity contribution in [2.75, 3.05) is 26.2 Å². The predicted octanol–water partition coefficient (Wildman–Crippen LogP) is 0.609. The zero-order chi connectivity index (χ0) is 13.3. The van der Waals surface area contributed by atoms with Crippen LogP contribution in [0.5, 0.6) is 0 Å². The Kier molecular flexibility index (Phi) is 3.29. The van der Waals surface area contributed by atoms with E-state index in [0.717, 1.165) is 44.6 Å². The van der Waals surface area contributed by atoms with Crippen LogP contribution in [-0.2, 0) is 16.8 Å². The van der Waals surface area contributed by atoms with E-state index in [1.807, 2.05) is 17.0 Å². The Hall–Kier alpha value is -1.39. The normalized spacial score (nSPS) is 21.2. The minimum Gasteiger partial charge on any atom is -0.340 e. The summed E-state index contributed by atoms with van der Waals surface area (Å²) >= 11 is 0. The highest BCUT2D eigenvalue weighted by molar-refractivity contribution is 5.79. The van der Waals surface area contributed by atoms with Crippen molar-refractivity contribution in [1.82, 2.24) is 10.2 Å². The number of carbonyl (C=O) groups is 1. The summed E-state index contributed by atoms with van der Waals surface area (Å²) < 4.78 is 0. The first-order valence-corrected chi connectivity index (χ1v) is 7.04. The maximum absolute atomic E-state index is 12.2. The fourth-order valence-electron chi connectivity index (χ4n) is 2.61. The van der Waals surface area contributed by atoms with Crippen molar-refractivity contribution in [2.24, 2.45) is 5.73 Å². The number of hydrogen-bond acceptors (Lipinski definition) is 3. The summed E-state index contributed by atoms with van der Waals surface area (Å²) in [6, 6.07) is 8.22. The van der Waals surface area contributed by atoms with Gasteiger partial charge in [0.15, 0.2) is 0 Å². The number of carbonyl (C=O) groups excluding carboxylic acids is 1. The molecule has 1 aromatic carbocycles. The summed E-state index contributed by atoms with van der Waals surface area (Å²) in [5, 5.41) is 3.26. The molecule has 3 N–H and O–H groups in total. The molecular formula is C15H21N3O. The van der Waals surface area contributed by atoms with Crippen LogP contribution in [0.2, 0.25) is 0 Å². The summed E-state index contributed by atoms with van der Waals surface area (Å²) in [7, 11) is 0. The van der Waals surface area contributed by atoms with Gasteiger partial charge < -0.3 is 16.0 Å². The second-order valence-corrected chi connectivity index (χ2v) is 5.66. The molecule has 0 radical (unpaired) electrons. The van der Waals surface area contributed by atoms with Crippen molar-refractivity contribution >= 4 is 5.91 Å². The second kappa shape index (κ2) is 4.94. The lowest BCUT2D eigenvalue weighted by molar-refractivity contribution is -0.131. The van der Waals surface area contributed by atoms with Crippen LogP contribution in [0.25, 0.3) is 0 Å². The van der Waals surface area contributed by atoms with Gasteiger partial charge >= 0.3 is 0 Å². The Balaban J connectivity index is 1.67. The molecule has 1 aliphatic heterocycles. The van der Waals surface area contributed by atoms with Crippen molar-refractivity contribution in [3.05, 3.63) is 35.4 Å². The SMILES string of the molecule is NC1(c2cccc(CC(=O)N3CCNCC3)c2)CC1. The van der Waals surface area contributed by atoms with Crippen LogP contribution < -0.4 is 11.1 Å². The van der Waals surface area contributed by atoms with Crippen molar-refractivity contribution in [3.8, 4) is 0 Å². The van der Waals surface area contributed by atoms with Crippen molar-refractivity contribution in [2.45, 2.75) is 24.8 Å². The average Bonchev–Trinajstić information content (AvgIpc) is 3.19. The van der Waals surface area contributed by atoms with Crippen LogP contribution in [0.1, 0.15) is 24.0 Å². The maximum atomic E-state index is 12.2. The van der Waals surface area contributed by atoms with Crippen LogP contribution in [0.15, 0.2) is 24.3 Å². The van der Waals surface area contributed by atoms with Crippen molar-refractivity contribution < 1.29 is 4.79 Å². The van der Waals surface area contributed by atoms with Gasteiger partial charge in [-0.15, -0.1) is 0 Å². The van der Waals surface area contributed by atoms with Gasteiger partial charge in [0.2, 0.25) is 5.91 Å². The first-order valence-electron chi connectivity index (χ1n) is 7.04. The Bertz CT molecular complexity index is 476. The van der Waals surface area contributed by atoms with Gasteiger partial charge in [-0.2, -0.15) is 0 Å². The van der Waals surface area contributed by atoms with E-state index in [-0.39, 0.29) is 11.4 Å². The minimum atomic E-state index is -0.117. The lowest BCUT2D eigenvalue weighted by Gasteiger charge is -2.27. The molecule has 19 heavy (non-hydrogen) atoms. The number of rotatable bonds is 3. The lowest BCUT2D eigenvalue weighted by Crippen LogP contribution is -2.46. The molecule has 2 fully saturated rings. The van der Waals surface area contributed by atoms with Gasteiger partial charge in [0, 0.05) is 31.7 Å². The molecule has 4 nitrogen and oxygen atoms in total. The first kappa shape index (κ1) is 12.6. The number of amides is 1. The zero-order valence-electron chi connectivity index (χ0n) is 11.2. The summed E-state index contributed by atoms with van der Waals surface area (Å²) in [5.41, 5.74) is 8.35.